The van der Waals surface area contributed by atoms with Gasteiger partial charge in [0.2, 0.25) is 0 Å². The zero-order valence-corrected chi connectivity index (χ0v) is 13.6. The Morgan fingerprint density at radius 3 is 2.67 bits per heavy atom. The third kappa shape index (κ3) is 3.23. The van der Waals surface area contributed by atoms with Gasteiger partial charge in [-0.1, -0.05) is 18.5 Å². The first kappa shape index (κ1) is 15.9. The number of rotatable bonds is 5. The SMILES string of the molecule is CCc1nn(C)c(CC(NN)c2cc(C)nnc2C)c1Cl. The van der Waals surface area contributed by atoms with E-state index in [0.29, 0.717) is 6.42 Å². The van der Waals surface area contributed by atoms with E-state index in [0.717, 1.165) is 39.8 Å². The van der Waals surface area contributed by atoms with E-state index in [-0.39, 0.29) is 6.04 Å². The van der Waals surface area contributed by atoms with E-state index in [4.69, 9.17) is 17.4 Å². The fraction of sp³-hybridized carbons (Fsp3) is 0.500. The van der Waals surface area contributed by atoms with Gasteiger partial charge in [-0.2, -0.15) is 15.3 Å². The monoisotopic (exact) mass is 308 g/mol. The lowest BCUT2D eigenvalue weighted by Gasteiger charge is -2.18. The highest BCUT2D eigenvalue weighted by Crippen LogP contribution is 2.27. The molecule has 0 saturated heterocycles. The number of hydrogen-bond acceptors (Lipinski definition) is 5. The number of hydrazine groups is 1. The van der Waals surface area contributed by atoms with Crippen molar-refractivity contribution < 1.29 is 0 Å². The van der Waals surface area contributed by atoms with Crippen molar-refractivity contribution in [1.29, 1.82) is 0 Å². The van der Waals surface area contributed by atoms with E-state index in [2.05, 4.69) is 20.7 Å². The normalized spacial score (nSPS) is 12.7. The molecule has 0 aromatic carbocycles. The van der Waals surface area contributed by atoms with Crippen molar-refractivity contribution >= 4 is 11.6 Å². The minimum Gasteiger partial charge on any atom is -0.271 e. The Morgan fingerprint density at radius 1 is 1.38 bits per heavy atom. The van der Waals surface area contributed by atoms with E-state index < -0.39 is 0 Å². The quantitative estimate of drug-likeness (QED) is 0.650. The molecule has 0 radical (unpaired) electrons. The van der Waals surface area contributed by atoms with Gasteiger partial charge in [0, 0.05) is 13.5 Å². The molecule has 1 unspecified atom stereocenters. The summed E-state index contributed by atoms with van der Waals surface area (Å²) in [5, 5.41) is 13.4. The summed E-state index contributed by atoms with van der Waals surface area (Å²) < 4.78 is 1.82. The maximum Gasteiger partial charge on any atom is 0.0850 e. The first-order valence-corrected chi connectivity index (χ1v) is 7.32. The number of aromatic nitrogens is 4. The Morgan fingerprint density at radius 2 is 2.10 bits per heavy atom. The largest absolute Gasteiger partial charge is 0.271 e. The van der Waals surface area contributed by atoms with Crippen LogP contribution >= 0.6 is 11.6 Å². The molecule has 21 heavy (non-hydrogen) atoms. The Hall–Kier alpha value is -1.50. The van der Waals surface area contributed by atoms with E-state index in [9.17, 15) is 0 Å². The summed E-state index contributed by atoms with van der Waals surface area (Å²) in [4.78, 5) is 0. The van der Waals surface area contributed by atoms with Gasteiger partial charge in [0.1, 0.15) is 0 Å². The smallest absolute Gasteiger partial charge is 0.0850 e. The maximum absolute atomic E-state index is 6.41. The minimum atomic E-state index is -0.0863. The highest BCUT2D eigenvalue weighted by Gasteiger charge is 2.20. The lowest BCUT2D eigenvalue weighted by molar-refractivity contribution is 0.523. The molecule has 0 aliphatic heterocycles. The number of hydrogen-bond donors (Lipinski definition) is 2. The van der Waals surface area contributed by atoms with E-state index in [1.165, 1.54) is 0 Å². The van der Waals surface area contributed by atoms with Gasteiger partial charge in [-0.15, -0.1) is 0 Å². The van der Waals surface area contributed by atoms with Crippen LogP contribution in [0.4, 0.5) is 0 Å². The fourth-order valence-corrected chi connectivity index (χ4v) is 2.79. The van der Waals surface area contributed by atoms with Gasteiger partial charge >= 0.3 is 0 Å². The molecule has 6 nitrogen and oxygen atoms in total. The van der Waals surface area contributed by atoms with Crippen molar-refractivity contribution in [2.45, 2.75) is 39.7 Å². The van der Waals surface area contributed by atoms with Crippen LogP contribution in [0.3, 0.4) is 0 Å². The first-order valence-electron chi connectivity index (χ1n) is 6.95. The summed E-state index contributed by atoms with van der Waals surface area (Å²) in [5.41, 5.74) is 7.47. The molecular weight excluding hydrogens is 288 g/mol. The van der Waals surface area contributed by atoms with Gasteiger partial charge in [-0.25, -0.2) is 0 Å². The highest BCUT2D eigenvalue weighted by molar-refractivity contribution is 6.31. The average molecular weight is 309 g/mol. The van der Waals surface area contributed by atoms with Crippen molar-refractivity contribution in [3.63, 3.8) is 0 Å². The zero-order valence-electron chi connectivity index (χ0n) is 12.8. The van der Waals surface area contributed by atoms with Gasteiger partial charge in [-0.3, -0.25) is 16.0 Å². The van der Waals surface area contributed by atoms with Gasteiger partial charge in [0.15, 0.2) is 0 Å². The average Bonchev–Trinajstić information content (AvgIpc) is 2.74. The molecule has 2 heterocycles. The van der Waals surface area contributed by atoms with Crippen molar-refractivity contribution in [1.82, 2.24) is 25.4 Å². The van der Waals surface area contributed by atoms with Gasteiger partial charge in [0.05, 0.1) is 33.8 Å². The first-order chi connectivity index (χ1) is 9.97. The number of nitrogens with one attached hydrogen (secondary N) is 1. The molecule has 0 spiro atoms. The number of nitrogens with zero attached hydrogens (tertiary/aromatic N) is 4. The van der Waals surface area contributed by atoms with Gasteiger partial charge < -0.3 is 0 Å². The van der Waals surface area contributed by atoms with Crippen LogP contribution < -0.4 is 11.3 Å². The fourth-order valence-electron chi connectivity index (χ4n) is 2.42. The molecule has 1 atom stereocenters. The minimum absolute atomic E-state index is 0.0863. The Bertz CT molecular complexity index is 637. The van der Waals surface area contributed by atoms with Crippen molar-refractivity contribution in [3.05, 3.63) is 39.4 Å². The molecule has 0 aliphatic carbocycles. The van der Waals surface area contributed by atoms with Crippen molar-refractivity contribution in [2.24, 2.45) is 12.9 Å². The van der Waals surface area contributed by atoms with Crippen LogP contribution in [0.2, 0.25) is 5.02 Å². The van der Waals surface area contributed by atoms with Crippen molar-refractivity contribution in [3.8, 4) is 0 Å². The summed E-state index contributed by atoms with van der Waals surface area (Å²) in [5.74, 6) is 5.74. The summed E-state index contributed by atoms with van der Waals surface area (Å²) >= 11 is 6.41. The van der Waals surface area contributed by atoms with Crippen LogP contribution in [0.15, 0.2) is 6.07 Å². The van der Waals surface area contributed by atoms with E-state index in [1.807, 2.05) is 38.6 Å². The summed E-state index contributed by atoms with van der Waals surface area (Å²) in [6, 6.07) is 1.91. The summed E-state index contributed by atoms with van der Waals surface area (Å²) in [6.45, 7) is 5.88. The lowest BCUT2D eigenvalue weighted by atomic mass is 10.0. The molecule has 0 aliphatic rings. The highest BCUT2D eigenvalue weighted by atomic mass is 35.5. The zero-order chi connectivity index (χ0) is 15.6. The third-order valence-corrected chi connectivity index (χ3v) is 4.05. The summed E-state index contributed by atoms with van der Waals surface area (Å²) in [6.07, 6.45) is 1.45. The topological polar surface area (TPSA) is 81.7 Å². The van der Waals surface area contributed by atoms with Crippen LogP contribution in [-0.2, 0) is 19.9 Å². The number of nitrogens with two attached hydrogens (primary N) is 1. The molecule has 2 aromatic rings. The van der Waals surface area contributed by atoms with Crippen LogP contribution in [0, 0.1) is 13.8 Å². The molecular formula is C14H21ClN6. The van der Waals surface area contributed by atoms with Crippen LogP contribution in [0.25, 0.3) is 0 Å². The third-order valence-electron chi connectivity index (χ3n) is 3.62. The molecule has 0 saturated carbocycles. The van der Waals surface area contributed by atoms with Crippen LogP contribution in [0.1, 0.15) is 41.3 Å². The second-order valence-electron chi connectivity index (χ2n) is 5.13. The van der Waals surface area contributed by atoms with Crippen LogP contribution in [-0.4, -0.2) is 20.0 Å². The molecule has 2 aromatic heterocycles. The van der Waals surface area contributed by atoms with Crippen molar-refractivity contribution in [2.75, 3.05) is 0 Å². The Kier molecular flexibility index (Phi) is 4.92. The second kappa shape index (κ2) is 6.51. The molecule has 0 fully saturated rings. The lowest BCUT2D eigenvalue weighted by Crippen LogP contribution is -2.31. The molecule has 0 amide bonds. The Balaban J connectivity index is 2.36. The maximum atomic E-state index is 6.41. The molecule has 3 N–H and O–H groups in total. The standard InChI is InChI=1S/C14H21ClN6/c1-5-11-14(15)13(21(4)20-11)7-12(17-16)10-6-8(2)18-19-9(10)3/h6,12,17H,5,7,16H2,1-4H3. The number of aryl methyl sites for hydroxylation is 4. The van der Waals surface area contributed by atoms with E-state index >= 15 is 0 Å². The molecule has 2 rings (SSSR count). The number of halogens is 1. The van der Waals surface area contributed by atoms with Crippen LogP contribution in [0.5, 0.6) is 0 Å². The summed E-state index contributed by atoms with van der Waals surface area (Å²) in [7, 11) is 1.90. The molecule has 114 valence electrons. The predicted octanol–water partition coefficient (Wildman–Crippen LogP) is 1.79. The Labute approximate surface area is 129 Å². The predicted molar refractivity (Wildman–Crippen MR) is 82.9 cm³/mol. The van der Waals surface area contributed by atoms with Gasteiger partial charge in [0.25, 0.3) is 0 Å². The van der Waals surface area contributed by atoms with E-state index in [1.54, 1.807) is 0 Å². The van der Waals surface area contributed by atoms with Gasteiger partial charge in [-0.05, 0) is 31.9 Å². The molecule has 7 heteroatoms. The second-order valence-corrected chi connectivity index (χ2v) is 5.51. The molecule has 0 bridgehead atoms.